The van der Waals surface area contributed by atoms with Gasteiger partial charge in [0.05, 0.1) is 24.0 Å². The van der Waals surface area contributed by atoms with Gasteiger partial charge in [-0.3, -0.25) is 9.59 Å². The predicted molar refractivity (Wildman–Crippen MR) is 110 cm³/mol. The van der Waals surface area contributed by atoms with Crippen molar-refractivity contribution in [2.75, 3.05) is 13.1 Å². The summed E-state index contributed by atoms with van der Waals surface area (Å²) in [5, 5.41) is 8.67. The number of aromatic nitrogens is 4. The van der Waals surface area contributed by atoms with Gasteiger partial charge in [0.25, 0.3) is 11.5 Å². The zero-order valence-corrected chi connectivity index (χ0v) is 16.3. The SMILES string of the molecule is O=C(c1ccc(-n2cc(-c3cc4cc(F)ccc4[nH]c3=O)nn2)cc1)N1CC[C@@H](F)C1. The molecule has 2 aromatic carbocycles. The first kappa shape index (κ1) is 19.1. The van der Waals surface area contributed by atoms with Crippen LogP contribution in [0.4, 0.5) is 8.78 Å². The number of halogens is 2. The fraction of sp³-hybridized carbons (Fsp3) is 0.182. The number of amides is 1. The predicted octanol–water partition coefficient (Wildman–Crippen LogP) is 3.10. The fourth-order valence-electron chi connectivity index (χ4n) is 3.72. The summed E-state index contributed by atoms with van der Waals surface area (Å²) in [6.45, 7) is 0.537. The van der Waals surface area contributed by atoms with Gasteiger partial charge in [0.2, 0.25) is 0 Å². The molecule has 1 fully saturated rings. The summed E-state index contributed by atoms with van der Waals surface area (Å²) in [6, 6.07) is 12.4. The molecule has 0 spiro atoms. The van der Waals surface area contributed by atoms with Crippen molar-refractivity contribution in [3.63, 3.8) is 0 Å². The molecule has 1 saturated heterocycles. The van der Waals surface area contributed by atoms with Crippen LogP contribution in [0.25, 0.3) is 27.8 Å². The highest BCUT2D eigenvalue weighted by Crippen LogP contribution is 2.21. The minimum Gasteiger partial charge on any atom is -0.336 e. The number of alkyl halides is 1. The van der Waals surface area contributed by atoms with Crippen molar-refractivity contribution in [1.29, 1.82) is 0 Å². The van der Waals surface area contributed by atoms with E-state index in [1.165, 1.54) is 27.8 Å². The smallest absolute Gasteiger partial charge is 0.258 e. The molecule has 5 rings (SSSR count). The Hall–Kier alpha value is -3.88. The van der Waals surface area contributed by atoms with Gasteiger partial charge in [0.1, 0.15) is 17.7 Å². The van der Waals surface area contributed by atoms with Crippen LogP contribution in [0.2, 0.25) is 0 Å². The monoisotopic (exact) mass is 421 g/mol. The number of benzene rings is 2. The van der Waals surface area contributed by atoms with Gasteiger partial charge in [-0.2, -0.15) is 0 Å². The Morgan fingerprint density at radius 3 is 2.68 bits per heavy atom. The summed E-state index contributed by atoms with van der Waals surface area (Å²) < 4.78 is 28.4. The molecule has 1 aliphatic heterocycles. The Kier molecular flexibility index (Phi) is 4.58. The fourth-order valence-corrected chi connectivity index (χ4v) is 3.72. The van der Waals surface area contributed by atoms with E-state index in [-0.39, 0.29) is 23.6 Å². The first-order chi connectivity index (χ1) is 15.0. The van der Waals surface area contributed by atoms with Crippen LogP contribution in [0.15, 0.2) is 59.5 Å². The second-order valence-corrected chi connectivity index (χ2v) is 7.48. The minimum absolute atomic E-state index is 0.122. The summed E-state index contributed by atoms with van der Waals surface area (Å²) >= 11 is 0. The Morgan fingerprint density at radius 1 is 1.13 bits per heavy atom. The lowest BCUT2D eigenvalue weighted by atomic mass is 10.1. The van der Waals surface area contributed by atoms with Crippen LogP contribution in [0, 0.1) is 5.82 Å². The molecule has 1 atom stereocenters. The normalized spacial score (nSPS) is 16.2. The lowest BCUT2D eigenvalue weighted by Gasteiger charge is -2.15. The van der Waals surface area contributed by atoms with E-state index >= 15 is 0 Å². The third-order valence-electron chi connectivity index (χ3n) is 5.37. The summed E-state index contributed by atoms with van der Waals surface area (Å²) in [5.41, 5.74) is 1.88. The topological polar surface area (TPSA) is 83.9 Å². The van der Waals surface area contributed by atoms with Crippen molar-refractivity contribution < 1.29 is 13.6 Å². The maximum absolute atomic E-state index is 13.5. The molecule has 1 amide bonds. The van der Waals surface area contributed by atoms with E-state index in [9.17, 15) is 18.4 Å². The van der Waals surface area contributed by atoms with Crippen molar-refractivity contribution >= 4 is 16.8 Å². The summed E-state index contributed by atoms with van der Waals surface area (Å²) in [4.78, 5) is 29.1. The molecule has 3 heterocycles. The zero-order valence-electron chi connectivity index (χ0n) is 16.3. The van der Waals surface area contributed by atoms with Crippen molar-refractivity contribution in [2.45, 2.75) is 12.6 Å². The van der Waals surface area contributed by atoms with E-state index in [2.05, 4.69) is 15.3 Å². The van der Waals surface area contributed by atoms with Gasteiger partial charge < -0.3 is 9.88 Å². The zero-order chi connectivity index (χ0) is 21.5. The van der Waals surface area contributed by atoms with Gasteiger partial charge in [-0.25, -0.2) is 13.5 Å². The van der Waals surface area contributed by atoms with E-state index in [0.29, 0.717) is 40.8 Å². The number of nitrogens with one attached hydrogen (secondary N) is 1. The average Bonchev–Trinajstić information content (AvgIpc) is 3.43. The summed E-state index contributed by atoms with van der Waals surface area (Å²) in [7, 11) is 0. The molecule has 0 saturated carbocycles. The molecule has 156 valence electrons. The standard InChI is InChI=1S/C22H17F2N5O2/c23-15-3-6-19-14(9-15)10-18(21(30)25-19)20-12-29(27-26-20)17-4-1-13(2-5-17)22(31)28-8-7-16(24)11-28/h1-6,9-10,12,16H,7-8,11H2,(H,25,30)/t16-/m1/s1. The third-order valence-corrected chi connectivity index (χ3v) is 5.37. The second kappa shape index (κ2) is 7.42. The quantitative estimate of drug-likeness (QED) is 0.551. The van der Waals surface area contributed by atoms with Crippen molar-refractivity contribution in [3.05, 3.63) is 76.5 Å². The molecular weight excluding hydrogens is 404 g/mol. The first-order valence-corrected chi connectivity index (χ1v) is 9.77. The number of aromatic amines is 1. The van der Waals surface area contributed by atoms with Gasteiger partial charge in [-0.15, -0.1) is 5.10 Å². The van der Waals surface area contributed by atoms with E-state index < -0.39 is 12.0 Å². The number of carbonyl (C=O) groups is 1. The van der Waals surface area contributed by atoms with Crippen molar-refractivity contribution in [3.8, 4) is 16.9 Å². The number of rotatable bonds is 3. The highest BCUT2D eigenvalue weighted by atomic mass is 19.1. The van der Waals surface area contributed by atoms with Crippen LogP contribution in [0.1, 0.15) is 16.8 Å². The van der Waals surface area contributed by atoms with Crippen LogP contribution in [0.3, 0.4) is 0 Å². The number of nitrogens with zero attached hydrogens (tertiary/aromatic N) is 4. The van der Waals surface area contributed by atoms with Crippen molar-refractivity contribution in [1.82, 2.24) is 24.9 Å². The minimum atomic E-state index is -0.966. The third kappa shape index (κ3) is 3.58. The van der Waals surface area contributed by atoms with E-state index in [4.69, 9.17) is 0 Å². The molecule has 9 heteroatoms. The molecule has 0 aliphatic carbocycles. The van der Waals surface area contributed by atoms with Crippen LogP contribution < -0.4 is 5.56 Å². The molecule has 1 aliphatic rings. The van der Waals surface area contributed by atoms with Crippen LogP contribution in [0.5, 0.6) is 0 Å². The molecule has 0 radical (unpaired) electrons. The van der Waals surface area contributed by atoms with Gasteiger partial charge >= 0.3 is 0 Å². The molecule has 1 N–H and O–H groups in total. The largest absolute Gasteiger partial charge is 0.336 e. The van der Waals surface area contributed by atoms with Gasteiger partial charge in [0.15, 0.2) is 0 Å². The van der Waals surface area contributed by atoms with Crippen LogP contribution in [-0.4, -0.2) is 50.0 Å². The summed E-state index contributed by atoms with van der Waals surface area (Å²) in [5.74, 6) is -0.610. The van der Waals surface area contributed by atoms with Crippen LogP contribution in [-0.2, 0) is 0 Å². The molecule has 31 heavy (non-hydrogen) atoms. The Morgan fingerprint density at radius 2 is 1.94 bits per heavy atom. The lowest BCUT2D eigenvalue weighted by molar-refractivity contribution is 0.0783. The van der Waals surface area contributed by atoms with Gasteiger partial charge in [-0.05, 0) is 55.0 Å². The second-order valence-electron chi connectivity index (χ2n) is 7.48. The highest BCUT2D eigenvalue weighted by molar-refractivity contribution is 5.94. The van der Waals surface area contributed by atoms with E-state index in [1.807, 2.05) is 0 Å². The number of carbonyl (C=O) groups excluding carboxylic acids is 1. The van der Waals surface area contributed by atoms with E-state index in [0.717, 1.165) is 0 Å². The highest BCUT2D eigenvalue weighted by Gasteiger charge is 2.26. The number of fused-ring (bicyclic) bond motifs is 1. The van der Waals surface area contributed by atoms with Crippen LogP contribution >= 0.6 is 0 Å². The lowest BCUT2D eigenvalue weighted by Crippen LogP contribution is -2.28. The Labute approximate surface area is 174 Å². The molecule has 0 unspecified atom stereocenters. The molecular formula is C22H17F2N5O2. The maximum Gasteiger partial charge on any atom is 0.258 e. The number of hydrogen-bond donors (Lipinski definition) is 1. The maximum atomic E-state index is 13.5. The number of pyridine rings is 1. The number of H-pyrrole nitrogens is 1. The Bertz CT molecular complexity index is 1350. The van der Waals surface area contributed by atoms with E-state index in [1.54, 1.807) is 36.5 Å². The Balaban J connectivity index is 1.42. The van der Waals surface area contributed by atoms with Crippen molar-refractivity contribution in [2.24, 2.45) is 0 Å². The van der Waals surface area contributed by atoms with Gasteiger partial charge in [0, 0.05) is 23.0 Å². The summed E-state index contributed by atoms with van der Waals surface area (Å²) in [6.07, 6.45) is 0.985. The molecule has 7 nitrogen and oxygen atoms in total. The molecule has 0 bridgehead atoms. The molecule has 2 aromatic heterocycles. The number of likely N-dealkylation sites (tertiary alicyclic amines) is 1. The average molecular weight is 421 g/mol. The molecule has 4 aromatic rings. The first-order valence-electron chi connectivity index (χ1n) is 9.77. The number of hydrogen-bond acceptors (Lipinski definition) is 4. The van der Waals surface area contributed by atoms with Gasteiger partial charge in [-0.1, -0.05) is 5.21 Å².